The zero-order valence-electron chi connectivity index (χ0n) is 13.5. The number of hydrogen-bond donors (Lipinski definition) is 1. The van der Waals surface area contributed by atoms with E-state index in [1.54, 1.807) is 29.2 Å². The maximum Gasteiger partial charge on any atom is 0.272 e. The number of hydrogen-bond acceptors (Lipinski definition) is 3. The zero-order chi connectivity index (χ0) is 17.2. The third-order valence-corrected chi connectivity index (χ3v) is 4.21. The lowest BCUT2D eigenvalue weighted by Crippen LogP contribution is -2.23. The summed E-state index contributed by atoms with van der Waals surface area (Å²) in [5.41, 5.74) is 3.05. The van der Waals surface area contributed by atoms with E-state index in [9.17, 15) is 9.18 Å². The summed E-state index contributed by atoms with van der Waals surface area (Å²) in [6.07, 6.45) is 5.58. The molecule has 6 heteroatoms. The highest BCUT2D eigenvalue weighted by molar-refractivity contribution is 5.92. The minimum atomic E-state index is -0.293. The molecule has 126 valence electrons. The molecule has 1 aromatic carbocycles. The van der Waals surface area contributed by atoms with E-state index >= 15 is 0 Å². The van der Waals surface area contributed by atoms with Gasteiger partial charge in [0.2, 0.25) is 0 Å². The van der Waals surface area contributed by atoms with Crippen LogP contribution in [0.5, 0.6) is 0 Å². The van der Waals surface area contributed by atoms with Crippen molar-refractivity contribution >= 4 is 5.91 Å². The van der Waals surface area contributed by atoms with Crippen LogP contribution < -0.4 is 5.32 Å². The van der Waals surface area contributed by atoms with Crippen molar-refractivity contribution in [3.63, 3.8) is 0 Å². The van der Waals surface area contributed by atoms with Gasteiger partial charge in [-0.15, -0.1) is 0 Å². The summed E-state index contributed by atoms with van der Waals surface area (Å²) < 4.78 is 14.9. The number of aromatic nitrogens is 3. The molecule has 1 aliphatic rings. The Kier molecular flexibility index (Phi) is 4.01. The number of halogens is 1. The Hall–Kier alpha value is -3.02. The van der Waals surface area contributed by atoms with E-state index in [-0.39, 0.29) is 11.7 Å². The van der Waals surface area contributed by atoms with Gasteiger partial charge in [-0.05, 0) is 54.8 Å². The van der Waals surface area contributed by atoms with Crippen LogP contribution in [-0.2, 0) is 6.54 Å². The van der Waals surface area contributed by atoms with E-state index in [4.69, 9.17) is 0 Å². The molecule has 0 atom stereocenters. The van der Waals surface area contributed by atoms with Crippen molar-refractivity contribution in [2.24, 2.45) is 0 Å². The van der Waals surface area contributed by atoms with Gasteiger partial charge in [-0.3, -0.25) is 9.78 Å². The first-order valence-electron chi connectivity index (χ1n) is 8.24. The van der Waals surface area contributed by atoms with Crippen molar-refractivity contribution in [3.8, 4) is 5.69 Å². The van der Waals surface area contributed by atoms with Crippen molar-refractivity contribution in [1.29, 1.82) is 0 Å². The Morgan fingerprint density at radius 2 is 2.04 bits per heavy atom. The van der Waals surface area contributed by atoms with Gasteiger partial charge in [0.25, 0.3) is 5.91 Å². The highest BCUT2D eigenvalue weighted by atomic mass is 19.1. The fourth-order valence-corrected chi connectivity index (χ4v) is 2.74. The van der Waals surface area contributed by atoms with Crippen molar-refractivity contribution in [2.45, 2.75) is 25.3 Å². The first kappa shape index (κ1) is 15.5. The molecule has 0 bridgehead atoms. The van der Waals surface area contributed by atoms with E-state index in [1.165, 1.54) is 12.1 Å². The molecule has 0 aliphatic heterocycles. The molecular formula is C19H17FN4O. The van der Waals surface area contributed by atoms with Crippen LogP contribution in [0.1, 0.15) is 40.5 Å². The normalized spacial score (nSPS) is 13.6. The molecule has 1 fully saturated rings. The lowest BCUT2D eigenvalue weighted by atomic mass is 10.2. The number of carbonyl (C=O) groups excluding carboxylic acids is 1. The van der Waals surface area contributed by atoms with Gasteiger partial charge in [0.1, 0.15) is 5.82 Å². The maximum atomic E-state index is 13.2. The molecule has 2 heterocycles. The molecule has 0 spiro atoms. The molecule has 0 radical (unpaired) electrons. The zero-order valence-corrected chi connectivity index (χ0v) is 13.5. The summed E-state index contributed by atoms with van der Waals surface area (Å²) in [6.45, 7) is 0.398. The quantitative estimate of drug-likeness (QED) is 0.778. The van der Waals surface area contributed by atoms with Crippen LogP contribution in [0, 0.1) is 5.82 Å². The van der Waals surface area contributed by atoms with Crippen LogP contribution in [0.4, 0.5) is 4.39 Å². The SMILES string of the molecule is O=C(NCc1cccnc1)c1cc(C2CC2)n(-c2ccc(F)cc2)n1. The third-order valence-electron chi connectivity index (χ3n) is 4.21. The number of carbonyl (C=O) groups is 1. The standard InChI is InChI=1S/C19H17FN4O/c20-15-5-7-16(8-6-15)24-18(14-3-4-14)10-17(23-24)19(25)22-12-13-2-1-9-21-11-13/h1-2,5-11,14H,3-4,12H2,(H,22,25). The maximum absolute atomic E-state index is 13.2. The summed E-state index contributed by atoms with van der Waals surface area (Å²) in [5.74, 6) is -0.109. The molecule has 1 saturated carbocycles. The Labute approximate surface area is 144 Å². The summed E-state index contributed by atoms with van der Waals surface area (Å²) in [5, 5.41) is 7.31. The van der Waals surface area contributed by atoms with E-state index < -0.39 is 0 Å². The number of nitrogens with one attached hydrogen (secondary N) is 1. The molecule has 1 aliphatic carbocycles. The van der Waals surface area contributed by atoms with Crippen LogP contribution in [-0.4, -0.2) is 20.7 Å². The molecule has 0 unspecified atom stereocenters. The minimum absolute atomic E-state index is 0.230. The van der Waals surface area contributed by atoms with Gasteiger partial charge in [0.15, 0.2) is 5.69 Å². The fraction of sp³-hybridized carbons (Fsp3) is 0.211. The van der Waals surface area contributed by atoms with E-state index in [0.717, 1.165) is 29.8 Å². The van der Waals surface area contributed by atoms with Gasteiger partial charge in [0, 0.05) is 30.6 Å². The summed E-state index contributed by atoms with van der Waals surface area (Å²) >= 11 is 0. The number of rotatable bonds is 5. The van der Waals surface area contributed by atoms with Crippen LogP contribution in [0.3, 0.4) is 0 Å². The van der Waals surface area contributed by atoms with Crippen molar-refractivity contribution < 1.29 is 9.18 Å². The Bertz CT molecular complexity index is 886. The number of nitrogens with zero attached hydrogens (tertiary/aromatic N) is 3. The molecule has 1 amide bonds. The molecule has 0 saturated heterocycles. The van der Waals surface area contributed by atoms with Gasteiger partial charge >= 0.3 is 0 Å². The topological polar surface area (TPSA) is 59.8 Å². The van der Waals surface area contributed by atoms with Crippen molar-refractivity contribution in [3.05, 3.63) is 77.6 Å². The van der Waals surface area contributed by atoms with E-state index in [1.807, 2.05) is 18.2 Å². The lowest BCUT2D eigenvalue weighted by molar-refractivity contribution is 0.0945. The average Bonchev–Trinajstić information content (AvgIpc) is 3.40. The van der Waals surface area contributed by atoms with Gasteiger partial charge < -0.3 is 5.32 Å². The Morgan fingerprint density at radius 1 is 1.24 bits per heavy atom. The molecule has 2 aromatic heterocycles. The van der Waals surface area contributed by atoms with Gasteiger partial charge in [-0.2, -0.15) is 5.10 Å². The van der Waals surface area contributed by atoms with Gasteiger partial charge in [-0.1, -0.05) is 6.07 Å². The summed E-state index contributed by atoms with van der Waals surface area (Å²) in [4.78, 5) is 16.5. The summed E-state index contributed by atoms with van der Waals surface area (Å²) in [7, 11) is 0. The molecule has 4 rings (SSSR count). The predicted octanol–water partition coefficient (Wildman–Crippen LogP) is 3.21. The van der Waals surface area contributed by atoms with Gasteiger partial charge in [0.05, 0.1) is 5.69 Å². The molecule has 1 N–H and O–H groups in total. The monoisotopic (exact) mass is 336 g/mol. The second-order valence-electron chi connectivity index (χ2n) is 6.16. The highest BCUT2D eigenvalue weighted by Crippen LogP contribution is 2.41. The van der Waals surface area contributed by atoms with Crippen molar-refractivity contribution in [2.75, 3.05) is 0 Å². The van der Waals surface area contributed by atoms with Crippen molar-refractivity contribution in [1.82, 2.24) is 20.1 Å². The number of amides is 1. The van der Waals surface area contributed by atoms with Crippen LogP contribution >= 0.6 is 0 Å². The summed E-state index contributed by atoms with van der Waals surface area (Å²) in [6, 6.07) is 11.7. The Morgan fingerprint density at radius 3 is 2.72 bits per heavy atom. The second kappa shape index (κ2) is 6.47. The molecular weight excluding hydrogens is 319 g/mol. The Balaban J connectivity index is 1.56. The second-order valence-corrected chi connectivity index (χ2v) is 6.16. The number of benzene rings is 1. The average molecular weight is 336 g/mol. The fourth-order valence-electron chi connectivity index (χ4n) is 2.74. The first-order chi connectivity index (χ1) is 12.2. The molecule has 5 nitrogen and oxygen atoms in total. The smallest absolute Gasteiger partial charge is 0.272 e. The largest absolute Gasteiger partial charge is 0.347 e. The van der Waals surface area contributed by atoms with Crippen LogP contribution in [0.15, 0.2) is 54.9 Å². The first-order valence-corrected chi connectivity index (χ1v) is 8.24. The minimum Gasteiger partial charge on any atom is -0.347 e. The lowest BCUT2D eigenvalue weighted by Gasteiger charge is -2.06. The van der Waals surface area contributed by atoms with E-state index in [0.29, 0.717) is 18.2 Å². The highest BCUT2D eigenvalue weighted by Gasteiger charge is 2.29. The molecule has 25 heavy (non-hydrogen) atoms. The van der Waals surface area contributed by atoms with E-state index in [2.05, 4.69) is 15.4 Å². The van der Waals surface area contributed by atoms with Crippen LogP contribution in [0.25, 0.3) is 5.69 Å². The third kappa shape index (κ3) is 3.42. The number of pyridine rings is 1. The predicted molar refractivity (Wildman–Crippen MR) is 90.9 cm³/mol. The molecule has 3 aromatic rings. The van der Waals surface area contributed by atoms with Crippen LogP contribution in [0.2, 0.25) is 0 Å². The van der Waals surface area contributed by atoms with Gasteiger partial charge in [-0.25, -0.2) is 9.07 Å².